The molecule has 0 atom stereocenters. The molecule has 0 aliphatic carbocycles. The van der Waals surface area contributed by atoms with Crippen LogP contribution >= 0.6 is 0 Å². The normalized spacial score (nSPS) is 14.2. The Bertz CT molecular complexity index is 369. The highest BCUT2D eigenvalue weighted by Gasteiger charge is 2.23. The SMILES string of the molecule is Cc1c(CO)ccc2c1COC2=O. The summed E-state index contributed by atoms with van der Waals surface area (Å²) in [5.41, 5.74) is 3.37. The highest BCUT2D eigenvalue weighted by Crippen LogP contribution is 2.25. The van der Waals surface area contributed by atoms with Crippen molar-refractivity contribution < 1.29 is 14.6 Å². The zero-order valence-corrected chi connectivity index (χ0v) is 7.33. The van der Waals surface area contributed by atoms with Crippen molar-refractivity contribution in [3.8, 4) is 0 Å². The highest BCUT2D eigenvalue weighted by molar-refractivity contribution is 5.93. The first-order chi connectivity index (χ1) is 6.24. The molecule has 3 nitrogen and oxygen atoms in total. The number of esters is 1. The summed E-state index contributed by atoms with van der Waals surface area (Å²) in [5.74, 6) is -0.261. The third-order valence-corrected chi connectivity index (χ3v) is 2.45. The van der Waals surface area contributed by atoms with Crippen LogP contribution in [0.1, 0.15) is 27.0 Å². The standard InChI is InChI=1S/C10H10O3/c1-6-7(4-11)2-3-8-9(6)5-13-10(8)12/h2-3,11H,4-5H2,1H3. The van der Waals surface area contributed by atoms with Gasteiger partial charge in [0, 0.05) is 5.56 Å². The van der Waals surface area contributed by atoms with Crippen molar-refractivity contribution in [1.82, 2.24) is 0 Å². The van der Waals surface area contributed by atoms with E-state index in [0.717, 1.165) is 16.7 Å². The topological polar surface area (TPSA) is 46.5 Å². The van der Waals surface area contributed by atoms with Crippen molar-refractivity contribution in [3.63, 3.8) is 0 Å². The average Bonchev–Trinajstić information content (AvgIpc) is 2.50. The lowest BCUT2D eigenvalue weighted by atomic mass is 9.99. The van der Waals surface area contributed by atoms with Gasteiger partial charge in [0.25, 0.3) is 0 Å². The Kier molecular flexibility index (Phi) is 1.81. The van der Waals surface area contributed by atoms with Gasteiger partial charge in [-0.15, -0.1) is 0 Å². The molecule has 0 bridgehead atoms. The van der Waals surface area contributed by atoms with Crippen molar-refractivity contribution >= 4 is 5.97 Å². The van der Waals surface area contributed by atoms with Crippen LogP contribution in [0.25, 0.3) is 0 Å². The number of aliphatic hydroxyl groups is 1. The average molecular weight is 178 g/mol. The predicted molar refractivity (Wildman–Crippen MR) is 46.2 cm³/mol. The molecule has 0 amide bonds. The summed E-state index contributed by atoms with van der Waals surface area (Å²) >= 11 is 0. The maximum absolute atomic E-state index is 11.1. The molecule has 68 valence electrons. The molecule has 13 heavy (non-hydrogen) atoms. The zero-order valence-electron chi connectivity index (χ0n) is 7.33. The smallest absolute Gasteiger partial charge is 0.338 e. The maximum atomic E-state index is 11.1. The van der Waals surface area contributed by atoms with E-state index >= 15 is 0 Å². The molecule has 0 spiro atoms. The number of carbonyl (C=O) groups excluding carboxylic acids is 1. The molecule has 1 aromatic rings. The molecule has 1 heterocycles. The molecule has 1 aromatic carbocycles. The lowest BCUT2D eigenvalue weighted by Gasteiger charge is -2.05. The van der Waals surface area contributed by atoms with Gasteiger partial charge in [-0.05, 0) is 24.1 Å². The van der Waals surface area contributed by atoms with Crippen molar-refractivity contribution in [3.05, 3.63) is 34.4 Å². The second kappa shape index (κ2) is 2.85. The van der Waals surface area contributed by atoms with Crippen LogP contribution in [0.3, 0.4) is 0 Å². The third-order valence-electron chi connectivity index (χ3n) is 2.45. The molecular formula is C10H10O3. The molecule has 2 rings (SSSR count). The van der Waals surface area contributed by atoms with Crippen molar-refractivity contribution in [1.29, 1.82) is 0 Å². The minimum atomic E-state index is -0.261. The van der Waals surface area contributed by atoms with Gasteiger partial charge in [0.15, 0.2) is 0 Å². The Morgan fingerprint density at radius 1 is 1.54 bits per heavy atom. The molecule has 1 N–H and O–H groups in total. The number of rotatable bonds is 1. The van der Waals surface area contributed by atoms with E-state index < -0.39 is 0 Å². The van der Waals surface area contributed by atoms with Crippen LogP contribution < -0.4 is 0 Å². The van der Waals surface area contributed by atoms with Crippen molar-refractivity contribution in [2.24, 2.45) is 0 Å². The quantitative estimate of drug-likeness (QED) is 0.656. The molecule has 0 unspecified atom stereocenters. The molecule has 0 fully saturated rings. The monoisotopic (exact) mass is 178 g/mol. The zero-order chi connectivity index (χ0) is 9.42. The molecule has 1 aliphatic rings. The van der Waals surface area contributed by atoms with Gasteiger partial charge >= 0.3 is 5.97 Å². The maximum Gasteiger partial charge on any atom is 0.338 e. The van der Waals surface area contributed by atoms with Crippen molar-refractivity contribution in [2.45, 2.75) is 20.1 Å². The van der Waals surface area contributed by atoms with E-state index in [-0.39, 0.29) is 12.6 Å². The van der Waals surface area contributed by atoms with Gasteiger partial charge in [-0.3, -0.25) is 0 Å². The van der Waals surface area contributed by atoms with Crippen LogP contribution in [0.15, 0.2) is 12.1 Å². The van der Waals surface area contributed by atoms with Crippen LogP contribution in [-0.2, 0) is 18.0 Å². The number of hydrogen-bond donors (Lipinski definition) is 1. The van der Waals surface area contributed by atoms with E-state index in [1.54, 1.807) is 12.1 Å². The molecule has 3 heteroatoms. The predicted octanol–water partition coefficient (Wildman–Crippen LogP) is 1.16. The minimum absolute atomic E-state index is 0.00725. The summed E-state index contributed by atoms with van der Waals surface area (Å²) in [6, 6.07) is 3.48. The lowest BCUT2D eigenvalue weighted by molar-refractivity contribution is 0.0535. The van der Waals surface area contributed by atoms with Gasteiger partial charge in [-0.25, -0.2) is 4.79 Å². The highest BCUT2D eigenvalue weighted by atomic mass is 16.5. The largest absolute Gasteiger partial charge is 0.457 e. The van der Waals surface area contributed by atoms with Crippen molar-refractivity contribution in [2.75, 3.05) is 0 Å². The number of ether oxygens (including phenoxy) is 1. The van der Waals surface area contributed by atoms with Crippen LogP contribution in [-0.4, -0.2) is 11.1 Å². The summed E-state index contributed by atoms with van der Waals surface area (Å²) < 4.78 is 4.88. The fourth-order valence-corrected chi connectivity index (χ4v) is 1.57. The van der Waals surface area contributed by atoms with Gasteiger partial charge in [0.05, 0.1) is 12.2 Å². The van der Waals surface area contributed by atoms with Crippen LogP contribution in [0.4, 0.5) is 0 Å². The fourth-order valence-electron chi connectivity index (χ4n) is 1.57. The lowest BCUT2D eigenvalue weighted by Crippen LogP contribution is -1.97. The molecule has 1 aliphatic heterocycles. The molecule has 0 saturated carbocycles. The first-order valence-electron chi connectivity index (χ1n) is 4.13. The first kappa shape index (κ1) is 8.26. The van der Waals surface area contributed by atoms with Crippen LogP contribution in [0.5, 0.6) is 0 Å². The van der Waals surface area contributed by atoms with Gasteiger partial charge in [0.1, 0.15) is 6.61 Å². The minimum Gasteiger partial charge on any atom is -0.457 e. The Labute approximate surface area is 76.0 Å². The first-order valence-corrected chi connectivity index (χ1v) is 4.13. The van der Waals surface area contributed by atoms with Crippen LogP contribution in [0, 0.1) is 6.92 Å². The van der Waals surface area contributed by atoms with Gasteiger partial charge in [-0.2, -0.15) is 0 Å². The number of benzene rings is 1. The van der Waals surface area contributed by atoms with E-state index in [2.05, 4.69) is 0 Å². The van der Waals surface area contributed by atoms with E-state index in [0.29, 0.717) is 12.2 Å². The summed E-state index contributed by atoms with van der Waals surface area (Å²) in [4.78, 5) is 11.1. The summed E-state index contributed by atoms with van der Waals surface area (Å²) in [6.45, 7) is 2.24. The summed E-state index contributed by atoms with van der Waals surface area (Å²) in [6.07, 6.45) is 0. The Balaban J connectivity index is 2.60. The fraction of sp³-hybridized carbons (Fsp3) is 0.300. The van der Waals surface area contributed by atoms with Gasteiger partial charge in [0.2, 0.25) is 0 Å². The van der Waals surface area contributed by atoms with E-state index in [1.807, 2.05) is 6.92 Å². The number of fused-ring (bicyclic) bond motifs is 1. The van der Waals surface area contributed by atoms with Gasteiger partial charge in [-0.1, -0.05) is 6.07 Å². The summed E-state index contributed by atoms with van der Waals surface area (Å²) in [7, 11) is 0. The number of carbonyl (C=O) groups is 1. The van der Waals surface area contributed by atoms with Gasteiger partial charge < -0.3 is 9.84 Å². The number of hydrogen-bond acceptors (Lipinski definition) is 3. The van der Waals surface area contributed by atoms with Crippen LogP contribution in [0.2, 0.25) is 0 Å². The summed E-state index contributed by atoms with van der Waals surface area (Å²) in [5, 5.41) is 8.99. The number of cyclic esters (lactones) is 1. The Morgan fingerprint density at radius 2 is 2.31 bits per heavy atom. The number of aliphatic hydroxyl groups excluding tert-OH is 1. The Hall–Kier alpha value is -1.35. The molecular weight excluding hydrogens is 168 g/mol. The van der Waals surface area contributed by atoms with E-state index in [9.17, 15) is 4.79 Å². The molecule has 0 aromatic heterocycles. The third kappa shape index (κ3) is 1.12. The molecule has 0 saturated heterocycles. The Morgan fingerprint density at radius 3 is 3.00 bits per heavy atom. The van der Waals surface area contributed by atoms with E-state index in [4.69, 9.17) is 9.84 Å². The second-order valence-corrected chi connectivity index (χ2v) is 3.11. The van der Waals surface area contributed by atoms with E-state index in [1.165, 1.54) is 0 Å². The molecule has 0 radical (unpaired) electrons. The second-order valence-electron chi connectivity index (χ2n) is 3.11.